The molecule has 2 saturated heterocycles. The van der Waals surface area contributed by atoms with Gasteiger partial charge >= 0.3 is 0 Å². The molecule has 3 heteroatoms. The molecule has 0 N–H and O–H groups in total. The van der Waals surface area contributed by atoms with E-state index in [0.29, 0.717) is 5.92 Å². The fourth-order valence-electron chi connectivity index (χ4n) is 5.18. The molecule has 2 fully saturated rings. The van der Waals surface area contributed by atoms with Crippen molar-refractivity contribution in [1.82, 2.24) is 9.80 Å². The molecule has 0 bridgehead atoms. The highest BCUT2D eigenvalue weighted by atomic mass is 16.2. The smallest absolute Gasteiger partial charge is 0.245 e. The van der Waals surface area contributed by atoms with Gasteiger partial charge in [0.2, 0.25) is 5.91 Å². The largest absolute Gasteiger partial charge is 0.359 e. The maximum Gasteiger partial charge on any atom is 0.245 e. The number of rotatable bonds is 5. The standard InChI is InChI=1S/C27H28N2O/c1-20(24-13-7-11-22-10-5-6-12-25(22)24)29-19-16-23-15-18-28(27(30)26(23)29)17-14-21-8-3-2-4-9-21/h2-13,23,26H,1,14-19H2/t23-,26?/m1/s1. The van der Waals surface area contributed by atoms with Crippen LogP contribution in [0.25, 0.3) is 16.5 Å². The Morgan fingerprint density at radius 1 is 0.900 bits per heavy atom. The van der Waals surface area contributed by atoms with Gasteiger partial charge in [0.25, 0.3) is 0 Å². The predicted molar refractivity (Wildman–Crippen MR) is 123 cm³/mol. The van der Waals surface area contributed by atoms with E-state index in [0.717, 1.165) is 50.2 Å². The average molecular weight is 397 g/mol. The van der Waals surface area contributed by atoms with Crippen LogP contribution in [0.3, 0.4) is 0 Å². The number of carbonyl (C=O) groups excluding carboxylic acids is 1. The molecule has 0 spiro atoms. The lowest BCUT2D eigenvalue weighted by molar-refractivity contribution is -0.139. The second kappa shape index (κ2) is 7.98. The number of hydrogen-bond donors (Lipinski definition) is 0. The van der Waals surface area contributed by atoms with Crippen LogP contribution >= 0.6 is 0 Å². The van der Waals surface area contributed by atoms with Crippen molar-refractivity contribution in [3.8, 4) is 0 Å². The molecule has 3 nitrogen and oxygen atoms in total. The summed E-state index contributed by atoms with van der Waals surface area (Å²) in [5.41, 5.74) is 3.41. The van der Waals surface area contributed by atoms with Crippen LogP contribution in [0.15, 0.2) is 79.4 Å². The first kappa shape index (κ1) is 18.9. The summed E-state index contributed by atoms with van der Waals surface area (Å²) in [5, 5.41) is 2.42. The third-order valence-electron chi connectivity index (χ3n) is 6.82. The Balaban J connectivity index is 1.36. The topological polar surface area (TPSA) is 23.6 Å². The summed E-state index contributed by atoms with van der Waals surface area (Å²) in [5.74, 6) is 0.721. The van der Waals surface area contributed by atoms with Gasteiger partial charge < -0.3 is 9.80 Å². The number of fused-ring (bicyclic) bond motifs is 2. The highest BCUT2D eigenvalue weighted by molar-refractivity contribution is 5.94. The molecule has 30 heavy (non-hydrogen) atoms. The predicted octanol–water partition coefficient (Wildman–Crippen LogP) is 4.98. The van der Waals surface area contributed by atoms with Crippen LogP contribution in [0.4, 0.5) is 0 Å². The van der Waals surface area contributed by atoms with Crippen LogP contribution in [0.2, 0.25) is 0 Å². The molecule has 1 amide bonds. The van der Waals surface area contributed by atoms with E-state index in [1.807, 2.05) is 6.07 Å². The molecular weight excluding hydrogens is 368 g/mol. The van der Waals surface area contributed by atoms with Gasteiger partial charge in [0.1, 0.15) is 6.04 Å². The molecule has 0 aromatic heterocycles. The summed E-state index contributed by atoms with van der Waals surface area (Å²) in [7, 11) is 0. The third kappa shape index (κ3) is 3.39. The maximum absolute atomic E-state index is 13.5. The minimum atomic E-state index is -0.0685. The van der Waals surface area contributed by atoms with Gasteiger partial charge in [-0.15, -0.1) is 0 Å². The SMILES string of the molecule is C=C(c1cccc2ccccc12)N1CC[C@H]2CCN(CCc3ccccc3)C(=O)C21. The highest BCUT2D eigenvalue weighted by Gasteiger charge is 2.44. The first-order valence-corrected chi connectivity index (χ1v) is 11.0. The fourth-order valence-corrected chi connectivity index (χ4v) is 5.18. The van der Waals surface area contributed by atoms with Crippen LogP contribution in [0.1, 0.15) is 24.0 Å². The van der Waals surface area contributed by atoms with Crippen LogP contribution in [-0.2, 0) is 11.2 Å². The molecule has 0 saturated carbocycles. The molecule has 3 aromatic rings. The summed E-state index contributed by atoms with van der Waals surface area (Å²) < 4.78 is 0. The Bertz CT molecular complexity index is 1070. The summed E-state index contributed by atoms with van der Waals surface area (Å²) in [4.78, 5) is 17.8. The molecule has 2 atom stereocenters. The van der Waals surface area contributed by atoms with Crippen molar-refractivity contribution in [1.29, 1.82) is 0 Å². The number of amides is 1. The molecule has 3 aromatic carbocycles. The zero-order chi connectivity index (χ0) is 20.5. The Morgan fingerprint density at radius 3 is 2.50 bits per heavy atom. The van der Waals surface area contributed by atoms with Crippen LogP contribution in [-0.4, -0.2) is 41.4 Å². The highest BCUT2D eigenvalue weighted by Crippen LogP contribution is 2.38. The minimum Gasteiger partial charge on any atom is -0.359 e. The zero-order valence-corrected chi connectivity index (χ0v) is 17.3. The Hall–Kier alpha value is -3.07. The average Bonchev–Trinajstić information content (AvgIpc) is 3.23. The van der Waals surface area contributed by atoms with Gasteiger partial charge in [-0.25, -0.2) is 0 Å². The van der Waals surface area contributed by atoms with Crippen molar-refractivity contribution in [3.63, 3.8) is 0 Å². The lowest BCUT2D eigenvalue weighted by atomic mass is 9.90. The van der Waals surface area contributed by atoms with E-state index in [2.05, 4.69) is 83.1 Å². The molecular formula is C27H28N2O. The van der Waals surface area contributed by atoms with E-state index in [9.17, 15) is 4.79 Å². The summed E-state index contributed by atoms with van der Waals surface area (Å²) in [6, 6.07) is 25.2. The minimum absolute atomic E-state index is 0.0685. The van der Waals surface area contributed by atoms with Crippen molar-refractivity contribution in [2.24, 2.45) is 5.92 Å². The molecule has 2 aliphatic heterocycles. The Kier molecular flexibility index (Phi) is 5.04. The lowest BCUT2D eigenvalue weighted by Crippen LogP contribution is -2.52. The van der Waals surface area contributed by atoms with Gasteiger partial charge in [-0.1, -0.05) is 79.4 Å². The van der Waals surface area contributed by atoms with Gasteiger partial charge in [-0.2, -0.15) is 0 Å². The molecule has 152 valence electrons. The maximum atomic E-state index is 13.5. The second-order valence-corrected chi connectivity index (χ2v) is 8.51. The van der Waals surface area contributed by atoms with Crippen LogP contribution in [0, 0.1) is 5.92 Å². The van der Waals surface area contributed by atoms with Gasteiger partial charge in [0, 0.05) is 30.9 Å². The van der Waals surface area contributed by atoms with E-state index < -0.39 is 0 Å². The molecule has 2 aliphatic rings. The number of benzene rings is 3. The van der Waals surface area contributed by atoms with Gasteiger partial charge in [-0.3, -0.25) is 4.79 Å². The van der Waals surface area contributed by atoms with Crippen LogP contribution < -0.4 is 0 Å². The van der Waals surface area contributed by atoms with Crippen molar-refractivity contribution < 1.29 is 4.79 Å². The second-order valence-electron chi connectivity index (χ2n) is 8.51. The van der Waals surface area contributed by atoms with E-state index >= 15 is 0 Å². The monoisotopic (exact) mass is 396 g/mol. The van der Waals surface area contributed by atoms with Gasteiger partial charge in [0.15, 0.2) is 0 Å². The van der Waals surface area contributed by atoms with Crippen LogP contribution in [0.5, 0.6) is 0 Å². The number of piperidine rings is 1. The Morgan fingerprint density at radius 2 is 1.63 bits per heavy atom. The number of carbonyl (C=O) groups is 1. The van der Waals surface area contributed by atoms with E-state index in [1.165, 1.54) is 16.3 Å². The summed E-state index contributed by atoms with van der Waals surface area (Å²) in [6.07, 6.45) is 3.07. The third-order valence-corrected chi connectivity index (χ3v) is 6.82. The van der Waals surface area contributed by atoms with E-state index in [-0.39, 0.29) is 11.9 Å². The van der Waals surface area contributed by atoms with Crippen molar-refractivity contribution >= 4 is 22.4 Å². The van der Waals surface area contributed by atoms with E-state index in [4.69, 9.17) is 0 Å². The molecule has 5 rings (SSSR count). The first-order chi connectivity index (χ1) is 14.7. The Labute approximate surface area is 178 Å². The summed E-state index contributed by atoms with van der Waals surface area (Å²) in [6.45, 7) is 7.04. The lowest BCUT2D eigenvalue weighted by Gasteiger charge is -2.39. The van der Waals surface area contributed by atoms with Gasteiger partial charge in [-0.05, 0) is 41.5 Å². The van der Waals surface area contributed by atoms with Crippen molar-refractivity contribution in [3.05, 3.63) is 90.5 Å². The fraction of sp³-hybridized carbons (Fsp3) is 0.296. The van der Waals surface area contributed by atoms with Gasteiger partial charge in [0.05, 0.1) is 0 Å². The molecule has 0 radical (unpaired) electrons. The van der Waals surface area contributed by atoms with E-state index in [1.54, 1.807) is 0 Å². The normalized spacial score (nSPS) is 21.1. The molecule has 1 unspecified atom stereocenters. The van der Waals surface area contributed by atoms with Crippen molar-refractivity contribution in [2.45, 2.75) is 25.3 Å². The number of likely N-dealkylation sites (tertiary alicyclic amines) is 2. The zero-order valence-electron chi connectivity index (χ0n) is 17.3. The first-order valence-electron chi connectivity index (χ1n) is 11.0. The molecule has 2 heterocycles. The quantitative estimate of drug-likeness (QED) is 0.607. The summed E-state index contributed by atoms with van der Waals surface area (Å²) >= 11 is 0. The molecule has 0 aliphatic carbocycles. The van der Waals surface area contributed by atoms with Crippen molar-refractivity contribution in [2.75, 3.05) is 19.6 Å². The number of hydrogen-bond acceptors (Lipinski definition) is 2. The number of nitrogens with zero attached hydrogens (tertiary/aromatic N) is 2.